The third-order valence-corrected chi connectivity index (χ3v) is 3.35. The van der Waals surface area contributed by atoms with E-state index in [-0.39, 0.29) is 0 Å². The number of nitrogens with one attached hydrogen (secondary N) is 1. The molecule has 0 aliphatic heterocycles. The summed E-state index contributed by atoms with van der Waals surface area (Å²) in [6.07, 6.45) is 0. The second-order valence-electron chi connectivity index (χ2n) is 5.20. The van der Waals surface area contributed by atoms with Crippen LogP contribution in [0.3, 0.4) is 0 Å². The van der Waals surface area contributed by atoms with Gasteiger partial charge in [-0.1, -0.05) is 26.0 Å². The molecular weight excluding hydrogens is 220 g/mol. The SMILES string of the molecule is CCNc1cc(C(C)C)nc2c(C)ccc(C)c12. The Kier molecular flexibility index (Phi) is 3.55. The minimum Gasteiger partial charge on any atom is -0.385 e. The molecule has 0 saturated heterocycles. The van der Waals surface area contributed by atoms with Gasteiger partial charge in [-0.2, -0.15) is 0 Å². The first-order chi connectivity index (χ1) is 8.54. The van der Waals surface area contributed by atoms with Gasteiger partial charge >= 0.3 is 0 Å². The molecule has 0 saturated carbocycles. The molecule has 96 valence electrons. The Labute approximate surface area is 109 Å². The summed E-state index contributed by atoms with van der Waals surface area (Å²) in [6, 6.07) is 6.53. The number of hydrogen-bond donors (Lipinski definition) is 1. The van der Waals surface area contributed by atoms with Crippen molar-refractivity contribution in [2.24, 2.45) is 0 Å². The van der Waals surface area contributed by atoms with Crippen LogP contribution in [0.5, 0.6) is 0 Å². The second-order valence-corrected chi connectivity index (χ2v) is 5.20. The average molecular weight is 242 g/mol. The molecule has 2 rings (SSSR count). The summed E-state index contributed by atoms with van der Waals surface area (Å²) in [4.78, 5) is 4.84. The Balaban J connectivity index is 2.80. The molecule has 0 atom stereocenters. The lowest BCUT2D eigenvalue weighted by Crippen LogP contribution is -2.03. The molecule has 2 nitrogen and oxygen atoms in total. The van der Waals surface area contributed by atoms with Crippen molar-refractivity contribution < 1.29 is 0 Å². The van der Waals surface area contributed by atoms with Crippen molar-refractivity contribution in [3.8, 4) is 0 Å². The number of anilines is 1. The Morgan fingerprint density at radius 3 is 2.44 bits per heavy atom. The number of aryl methyl sites for hydroxylation is 2. The second kappa shape index (κ2) is 4.97. The zero-order chi connectivity index (χ0) is 13.3. The topological polar surface area (TPSA) is 24.9 Å². The van der Waals surface area contributed by atoms with Gasteiger partial charge in [-0.05, 0) is 43.9 Å². The third kappa shape index (κ3) is 2.20. The Morgan fingerprint density at radius 1 is 1.17 bits per heavy atom. The largest absolute Gasteiger partial charge is 0.385 e. The van der Waals surface area contributed by atoms with E-state index in [1.54, 1.807) is 0 Å². The summed E-state index contributed by atoms with van der Waals surface area (Å²) < 4.78 is 0. The zero-order valence-electron chi connectivity index (χ0n) is 12.0. The van der Waals surface area contributed by atoms with Gasteiger partial charge in [0.2, 0.25) is 0 Å². The molecular formula is C16H22N2. The molecule has 1 heterocycles. The molecule has 0 radical (unpaired) electrons. The monoisotopic (exact) mass is 242 g/mol. The van der Waals surface area contributed by atoms with Gasteiger partial charge in [-0.25, -0.2) is 0 Å². The van der Waals surface area contributed by atoms with Crippen LogP contribution in [0, 0.1) is 13.8 Å². The molecule has 0 fully saturated rings. The summed E-state index contributed by atoms with van der Waals surface area (Å²) >= 11 is 0. The van der Waals surface area contributed by atoms with Gasteiger partial charge in [0.05, 0.1) is 5.52 Å². The summed E-state index contributed by atoms with van der Waals surface area (Å²) in [5.41, 5.74) is 6.04. The van der Waals surface area contributed by atoms with E-state index in [1.807, 2.05) is 0 Å². The highest BCUT2D eigenvalue weighted by molar-refractivity contribution is 5.96. The highest BCUT2D eigenvalue weighted by Gasteiger charge is 2.11. The highest BCUT2D eigenvalue weighted by Crippen LogP contribution is 2.30. The van der Waals surface area contributed by atoms with Gasteiger partial charge in [0.25, 0.3) is 0 Å². The smallest absolute Gasteiger partial charge is 0.0757 e. The number of nitrogens with zero attached hydrogens (tertiary/aromatic N) is 1. The van der Waals surface area contributed by atoms with E-state index in [4.69, 9.17) is 4.98 Å². The van der Waals surface area contributed by atoms with E-state index < -0.39 is 0 Å². The van der Waals surface area contributed by atoms with Crippen molar-refractivity contribution in [3.05, 3.63) is 35.0 Å². The molecule has 0 amide bonds. The minimum atomic E-state index is 0.451. The normalized spacial score (nSPS) is 11.2. The molecule has 0 aliphatic rings. The van der Waals surface area contributed by atoms with Crippen LogP contribution in [0.15, 0.2) is 18.2 Å². The van der Waals surface area contributed by atoms with Gasteiger partial charge in [0, 0.05) is 23.3 Å². The summed E-state index contributed by atoms with van der Waals surface area (Å²) in [5, 5.41) is 4.74. The predicted octanol–water partition coefficient (Wildman–Crippen LogP) is 4.41. The van der Waals surface area contributed by atoms with Crippen molar-refractivity contribution in [1.82, 2.24) is 4.98 Å². The maximum atomic E-state index is 4.84. The lowest BCUT2D eigenvalue weighted by Gasteiger charge is -2.15. The van der Waals surface area contributed by atoms with Crippen molar-refractivity contribution in [2.75, 3.05) is 11.9 Å². The summed E-state index contributed by atoms with van der Waals surface area (Å²) in [5.74, 6) is 0.451. The molecule has 1 aromatic heterocycles. The van der Waals surface area contributed by atoms with Gasteiger partial charge in [-0.15, -0.1) is 0 Å². The van der Waals surface area contributed by atoms with E-state index >= 15 is 0 Å². The number of benzene rings is 1. The Bertz CT molecular complexity index is 571. The first-order valence-electron chi connectivity index (χ1n) is 6.69. The van der Waals surface area contributed by atoms with Gasteiger partial charge in [-0.3, -0.25) is 4.98 Å². The lowest BCUT2D eigenvalue weighted by atomic mass is 10.0. The maximum absolute atomic E-state index is 4.84. The van der Waals surface area contributed by atoms with Crippen LogP contribution in [-0.4, -0.2) is 11.5 Å². The van der Waals surface area contributed by atoms with E-state index in [2.05, 4.69) is 58.1 Å². The van der Waals surface area contributed by atoms with Gasteiger partial charge in [0.1, 0.15) is 0 Å². The van der Waals surface area contributed by atoms with Crippen LogP contribution < -0.4 is 5.32 Å². The molecule has 0 aliphatic carbocycles. The van der Waals surface area contributed by atoms with E-state index in [0.717, 1.165) is 17.8 Å². The molecule has 2 aromatic rings. The van der Waals surface area contributed by atoms with Crippen LogP contribution in [0.25, 0.3) is 10.9 Å². The molecule has 18 heavy (non-hydrogen) atoms. The Hall–Kier alpha value is -1.57. The van der Waals surface area contributed by atoms with Crippen molar-refractivity contribution in [1.29, 1.82) is 0 Å². The van der Waals surface area contributed by atoms with Crippen LogP contribution >= 0.6 is 0 Å². The summed E-state index contributed by atoms with van der Waals surface area (Å²) in [6.45, 7) is 11.7. The maximum Gasteiger partial charge on any atom is 0.0757 e. The van der Waals surface area contributed by atoms with E-state index in [9.17, 15) is 0 Å². The van der Waals surface area contributed by atoms with Gasteiger partial charge in [0.15, 0.2) is 0 Å². The number of rotatable bonds is 3. The number of pyridine rings is 1. The number of fused-ring (bicyclic) bond motifs is 1. The van der Waals surface area contributed by atoms with E-state index in [1.165, 1.54) is 22.2 Å². The van der Waals surface area contributed by atoms with Crippen LogP contribution in [0.4, 0.5) is 5.69 Å². The highest BCUT2D eigenvalue weighted by atomic mass is 14.9. The summed E-state index contributed by atoms with van der Waals surface area (Å²) in [7, 11) is 0. The average Bonchev–Trinajstić information content (AvgIpc) is 2.33. The van der Waals surface area contributed by atoms with Crippen molar-refractivity contribution in [2.45, 2.75) is 40.5 Å². The zero-order valence-corrected chi connectivity index (χ0v) is 12.0. The van der Waals surface area contributed by atoms with Crippen LogP contribution in [-0.2, 0) is 0 Å². The fraction of sp³-hybridized carbons (Fsp3) is 0.438. The van der Waals surface area contributed by atoms with Crippen molar-refractivity contribution in [3.63, 3.8) is 0 Å². The fourth-order valence-corrected chi connectivity index (χ4v) is 2.29. The molecule has 1 aromatic carbocycles. The fourth-order valence-electron chi connectivity index (χ4n) is 2.29. The van der Waals surface area contributed by atoms with Crippen molar-refractivity contribution >= 4 is 16.6 Å². The first-order valence-corrected chi connectivity index (χ1v) is 6.69. The van der Waals surface area contributed by atoms with Gasteiger partial charge < -0.3 is 5.32 Å². The third-order valence-electron chi connectivity index (χ3n) is 3.35. The standard InChI is InChI=1S/C16H22N2/c1-6-17-14-9-13(10(2)3)18-16-12(5)8-7-11(4)15(14)16/h7-10H,6H2,1-5H3,(H,17,18). The molecule has 0 spiro atoms. The number of hydrogen-bond acceptors (Lipinski definition) is 2. The first kappa shape index (κ1) is 12.9. The molecule has 0 unspecified atom stereocenters. The Morgan fingerprint density at radius 2 is 1.83 bits per heavy atom. The minimum absolute atomic E-state index is 0.451. The predicted molar refractivity (Wildman–Crippen MR) is 79.5 cm³/mol. The molecule has 1 N–H and O–H groups in total. The van der Waals surface area contributed by atoms with Crippen LogP contribution in [0.2, 0.25) is 0 Å². The quantitative estimate of drug-likeness (QED) is 0.862. The number of aromatic nitrogens is 1. The van der Waals surface area contributed by atoms with E-state index in [0.29, 0.717) is 5.92 Å². The lowest BCUT2D eigenvalue weighted by molar-refractivity contribution is 0.829. The van der Waals surface area contributed by atoms with Crippen LogP contribution in [0.1, 0.15) is 43.5 Å². The molecule has 2 heteroatoms. The molecule has 0 bridgehead atoms.